The number of hydrogen-bond acceptors (Lipinski definition) is 3. The second kappa shape index (κ2) is 2.49. The molecular formula is C8H9NO2. The van der Waals surface area contributed by atoms with E-state index < -0.39 is 0 Å². The minimum Gasteiger partial charge on any atom is -0.438 e. The topological polar surface area (TPSA) is 43.1 Å². The van der Waals surface area contributed by atoms with Crippen molar-refractivity contribution >= 4 is 6.29 Å². The molecule has 1 aliphatic rings. The molecule has 1 aromatic heterocycles. The van der Waals surface area contributed by atoms with Crippen molar-refractivity contribution in [3.8, 4) is 0 Å². The number of aldehydes is 1. The molecule has 0 spiro atoms. The number of hydrogen-bond donors (Lipinski definition) is 0. The van der Waals surface area contributed by atoms with E-state index in [9.17, 15) is 4.79 Å². The number of carbonyl (C=O) groups excluding carboxylic acids is 1. The van der Waals surface area contributed by atoms with E-state index in [0.717, 1.165) is 18.7 Å². The molecule has 1 saturated carbocycles. The molecule has 0 radical (unpaired) electrons. The van der Waals surface area contributed by atoms with Gasteiger partial charge in [0, 0.05) is 5.92 Å². The molecule has 58 valence electrons. The van der Waals surface area contributed by atoms with Crippen LogP contribution in [0.2, 0.25) is 0 Å². The van der Waals surface area contributed by atoms with Crippen molar-refractivity contribution in [2.45, 2.75) is 25.2 Å². The average molecular weight is 151 g/mol. The fraction of sp³-hybridized carbons (Fsp3) is 0.500. The van der Waals surface area contributed by atoms with Crippen LogP contribution in [0.25, 0.3) is 0 Å². The van der Waals surface area contributed by atoms with Crippen molar-refractivity contribution in [3.05, 3.63) is 17.8 Å². The summed E-state index contributed by atoms with van der Waals surface area (Å²) in [6.07, 6.45) is 5.73. The van der Waals surface area contributed by atoms with Gasteiger partial charge in [-0.05, 0) is 12.8 Å². The summed E-state index contributed by atoms with van der Waals surface area (Å²) >= 11 is 0. The molecule has 0 amide bonds. The second-order valence-electron chi connectivity index (χ2n) is 2.85. The van der Waals surface area contributed by atoms with Gasteiger partial charge in [0.15, 0.2) is 17.9 Å². The molecule has 0 aromatic carbocycles. The van der Waals surface area contributed by atoms with Crippen LogP contribution < -0.4 is 0 Å². The van der Waals surface area contributed by atoms with E-state index in [2.05, 4.69) is 4.98 Å². The molecule has 0 unspecified atom stereocenters. The highest BCUT2D eigenvalue weighted by Gasteiger charge is 2.23. The lowest BCUT2D eigenvalue weighted by Gasteiger charge is -2.21. The maximum Gasteiger partial charge on any atom is 0.198 e. The fourth-order valence-electron chi connectivity index (χ4n) is 1.20. The first kappa shape index (κ1) is 6.58. The molecule has 0 bridgehead atoms. The summed E-state index contributed by atoms with van der Waals surface area (Å²) in [5, 5.41) is 0. The normalized spacial score (nSPS) is 17.8. The van der Waals surface area contributed by atoms with E-state index in [1.54, 1.807) is 0 Å². The van der Waals surface area contributed by atoms with Crippen LogP contribution in [0.15, 0.2) is 10.6 Å². The highest BCUT2D eigenvalue weighted by atomic mass is 16.4. The van der Waals surface area contributed by atoms with Gasteiger partial charge in [-0.1, -0.05) is 6.42 Å². The number of rotatable bonds is 2. The zero-order valence-electron chi connectivity index (χ0n) is 6.12. The maximum atomic E-state index is 10.2. The van der Waals surface area contributed by atoms with Crippen LogP contribution in [0.1, 0.15) is 41.6 Å². The Hall–Kier alpha value is -1.12. The molecule has 0 aliphatic heterocycles. The highest BCUT2D eigenvalue weighted by molar-refractivity contribution is 5.69. The van der Waals surface area contributed by atoms with E-state index >= 15 is 0 Å². The summed E-state index contributed by atoms with van der Waals surface area (Å²) in [7, 11) is 0. The van der Waals surface area contributed by atoms with Crippen LogP contribution in [-0.4, -0.2) is 11.3 Å². The lowest BCUT2D eigenvalue weighted by molar-refractivity contribution is 0.109. The lowest BCUT2D eigenvalue weighted by atomic mass is 9.85. The molecule has 1 aliphatic carbocycles. The maximum absolute atomic E-state index is 10.2. The van der Waals surface area contributed by atoms with Crippen LogP contribution in [0, 0.1) is 0 Å². The largest absolute Gasteiger partial charge is 0.438 e. The van der Waals surface area contributed by atoms with Crippen molar-refractivity contribution in [2.24, 2.45) is 0 Å². The van der Waals surface area contributed by atoms with Crippen molar-refractivity contribution < 1.29 is 9.21 Å². The Balaban J connectivity index is 2.17. The van der Waals surface area contributed by atoms with Gasteiger partial charge in [-0.25, -0.2) is 4.98 Å². The minimum atomic E-state index is 0.340. The van der Waals surface area contributed by atoms with Gasteiger partial charge in [0.2, 0.25) is 0 Å². The van der Waals surface area contributed by atoms with E-state index in [1.807, 2.05) is 0 Å². The van der Waals surface area contributed by atoms with Crippen molar-refractivity contribution in [2.75, 3.05) is 0 Å². The quantitative estimate of drug-likeness (QED) is 0.605. The van der Waals surface area contributed by atoms with E-state index in [4.69, 9.17) is 4.42 Å². The number of carbonyl (C=O) groups is 1. The van der Waals surface area contributed by atoms with Gasteiger partial charge < -0.3 is 4.42 Å². The Morgan fingerprint density at radius 2 is 2.45 bits per heavy atom. The Labute approximate surface area is 64.4 Å². The SMILES string of the molecule is O=Cc1cnc(C2CCC2)o1. The first-order valence-electron chi connectivity index (χ1n) is 3.81. The summed E-state index contributed by atoms with van der Waals surface area (Å²) in [4.78, 5) is 14.2. The van der Waals surface area contributed by atoms with Gasteiger partial charge in [-0.3, -0.25) is 4.79 Å². The van der Waals surface area contributed by atoms with Gasteiger partial charge in [-0.2, -0.15) is 0 Å². The third kappa shape index (κ3) is 1.06. The Bertz CT molecular complexity index is 263. The zero-order valence-corrected chi connectivity index (χ0v) is 6.12. The van der Waals surface area contributed by atoms with Gasteiger partial charge in [-0.15, -0.1) is 0 Å². The standard InChI is InChI=1S/C8H9NO2/c10-5-7-4-9-8(11-7)6-2-1-3-6/h4-6H,1-3H2. The van der Waals surface area contributed by atoms with Crippen LogP contribution in [0.4, 0.5) is 0 Å². The van der Waals surface area contributed by atoms with E-state index in [-0.39, 0.29) is 0 Å². The number of nitrogens with zero attached hydrogens (tertiary/aromatic N) is 1. The average Bonchev–Trinajstić information content (AvgIpc) is 2.32. The Morgan fingerprint density at radius 3 is 2.91 bits per heavy atom. The van der Waals surface area contributed by atoms with Crippen LogP contribution >= 0.6 is 0 Å². The molecule has 2 rings (SSSR count). The third-order valence-corrected chi connectivity index (χ3v) is 2.11. The molecular weight excluding hydrogens is 142 g/mol. The molecule has 1 aromatic rings. The van der Waals surface area contributed by atoms with Gasteiger partial charge in [0.1, 0.15) is 0 Å². The van der Waals surface area contributed by atoms with Gasteiger partial charge >= 0.3 is 0 Å². The van der Waals surface area contributed by atoms with Gasteiger partial charge in [0.05, 0.1) is 6.20 Å². The smallest absolute Gasteiger partial charge is 0.198 e. The second-order valence-corrected chi connectivity index (χ2v) is 2.85. The number of aromatic nitrogens is 1. The number of oxazole rings is 1. The Kier molecular flexibility index (Phi) is 1.49. The third-order valence-electron chi connectivity index (χ3n) is 2.11. The monoisotopic (exact) mass is 151 g/mol. The fourth-order valence-corrected chi connectivity index (χ4v) is 1.20. The zero-order chi connectivity index (χ0) is 7.68. The van der Waals surface area contributed by atoms with Crippen molar-refractivity contribution in [1.29, 1.82) is 0 Å². The molecule has 1 fully saturated rings. The van der Waals surface area contributed by atoms with Crippen molar-refractivity contribution in [1.82, 2.24) is 4.98 Å². The van der Waals surface area contributed by atoms with Crippen LogP contribution in [0.3, 0.4) is 0 Å². The van der Waals surface area contributed by atoms with Crippen LogP contribution in [-0.2, 0) is 0 Å². The van der Waals surface area contributed by atoms with E-state index in [0.29, 0.717) is 18.0 Å². The van der Waals surface area contributed by atoms with E-state index in [1.165, 1.54) is 12.6 Å². The molecule has 0 atom stereocenters. The Morgan fingerprint density at radius 1 is 1.64 bits per heavy atom. The summed E-state index contributed by atoms with van der Waals surface area (Å²) in [5.74, 6) is 1.55. The summed E-state index contributed by atoms with van der Waals surface area (Å²) < 4.78 is 5.16. The first-order chi connectivity index (χ1) is 5.40. The predicted molar refractivity (Wildman–Crippen MR) is 38.5 cm³/mol. The molecule has 1 heterocycles. The summed E-state index contributed by atoms with van der Waals surface area (Å²) in [6.45, 7) is 0. The molecule has 3 heteroatoms. The first-order valence-corrected chi connectivity index (χ1v) is 3.81. The molecule has 0 saturated heterocycles. The highest BCUT2D eigenvalue weighted by Crippen LogP contribution is 2.35. The minimum absolute atomic E-state index is 0.340. The molecule has 11 heavy (non-hydrogen) atoms. The van der Waals surface area contributed by atoms with Crippen molar-refractivity contribution in [3.63, 3.8) is 0 Å². The summed E-state index contributed by atoms with van der Waals surface area (Å²) in [5.41, 5.74) is 0. The molecule has 3 nitrogen and oxygen atoms in total. The summed E-state index contributed by atoms with van der Waals surface area (Å²) in [6, 6.07) is 0. The lowest BCUT2D eigenvalue weighted by Crippen LogP contribution is -2.08. The van der Waals surface area contributed by atoms with Gasteiger partial charge in [0.25, 0.3) is 0 Å². The predicted octanol–water partition coefficient (Wildman–Crippen LogP) is 1.75. The van der Waals surface area contributed by atoms with Crippen LogP contribution in [0.5, 0.6) is 0 Å². The molecule has 0 N–H and O–H groups in total.